The summed E-state index contributed by atoms with van der Waals surface area (Å²) in [5.41, 5.74) is 2.92. The minimum Gasteiger partial charge on any atom is -0.326 e. The zero-order valence-electron chi connectivity index (χ0n) is 12.9. The van der Waals surface area contributed by atoms with E-state index in [-0.39, 0.29) is 11.8 Å². The maximum absolute atomic E-state index is 12.5. The van der Waals surface area contributed by atoms with Crippen LogP contribution in [0.3, 0.4) is 0 Å². The highest BCUT2D eigenvalue weighted by Crippen LogP contribution is 2.25. The van der Waals surface area contributed by atoms with Crippen molar-refractivity contribution in [3.63, 3.8) is 0 Å². The molecule has 1 amide bonds. The van der Waals surface area contributed by atoms with Crippen LogP contribution in [0.1, 0.15) is 24.8 Å². The van der Waals surface area contributed by atoms with Gasteiger partial charge in [-0.25, -0.2) is 4.98 Å². The van der Waals surface area contributed by atoms with Gasteiger partial charge in [0, 0.05) is 22.8 Å². The standard InChI is InChI=1S/C19H18N2OS/c1-2-17(14-6-4-3-5-7-14)18(22)21-16-10-8-15(9-11-16)19-20-12-13-23-19/h3-13,17H,2H2,1H3,(H,21,22)/t17-/m1/s1. The highest BCUT2D eigenvalue weighted by molar-refractivity contribution is 7.13. The summed E-state index contributed by atoms with van der Waals surface area (Å²) < 4.78 is 0. The second-order valence-corrected chi connectivity index (χ2v) is 6.17. The van der Waals surface area contributed by atoms with E-state index < -0.39 is 0 Å². The third-order valence-corrected chi connectivity index (χ3v) is 4.58. The molecule has 0 fully saturated rings. The van der Waals surface area contributed by atoms with Crippen molar-refractivity contribution in [1.29, 1.82) is 0 Å². The van der Waals surface area contributed by atoms with Crippen LogP contribution in [0.15, 0.2) is 66.2 Å². The number of thiazole rings is 1. The van der Waals surface area contributed by atoms with Crippen molar-refractivity contribution in [2.75, 3.05) is 5.32 Å². The lowest BCUT2D eigenvalue weighted by atomic mass is 9.95. The SMILES string of the molecule is CC[C@@H](C(=O)Nc1ccc(-c2nccs2)cc1)c1ccccc1. The van der Waals surface area contributed by atoms with Gasteiger partial charge in [0.25, 0.3) is 0 Å². The Labute approximate surface area is 140 Å². The fraction of sp³-hybridized carbons (Fsp3) is 0.158. The predicted molar refractivity (Wildman–Crippen MR) is 95.7 cm³/mol. The summed E-state index contributed by atoms with van der Waals surface area (Å²) in [5.74, 6) is -0.101. The van der Waals surface area contributed by atoms with E-state index in [4.69, 9.17) is 0 Å². The Bertz CT molecular complexity index is 752. The summed E-state index contributed by atoms with van der Waals surface area (Å²) in [6, 6.07) is 17.7. The molecule has 1 atom stereocenters. The number of nitrogens with one attached hydrogen (secondary N) is 1. The van der Waals surface area contributed by atoms with Crippen LogP contribution in [0.25, 0.3) is 10.6 Å². The average Bonchev–Trinajstić information content (AvgIpc) is 3.12. The first kappa shape index (κ1) is 15.4. The molecular formula is C19H18N2OS. The third-order valence-electron chi connectivity index (χ3n) is 3.76. The van der Waals surface area contributed by atoms with Crippen LogP contribution in [0.4, 0.5) is 5.69 Å². The number of carbonyl (C=O) groups is 1. The van der Waals surface area contributed by atoms with Crippen molar-refractivity contribution in [3.8, 4) is 10.6 Å². The van der Waals surface area contributed by atoms with E-state index in [0.29, 0.717) is 0 Å². The van der Waals surface area contributed by atoms with E-state index in [0.717, 1.165) is 28.2 Å². The van der Waals surface area contributed by atoms with Crippen LogP contribution in [-0.2, 0) is 4.79 Å². The van der Waals surface area contributed by atoms with Gasteiger partial charge in [-0.2, -0.15) is 0 Å². The quantitative estimate of drug-likeness (QED) is 0.722. The highest BCUT2D eigenvalue weighted by Gasteiger charge is 2.18. The van der Waals surface area contributed by atoms with E-state index in [1.165, 1.54) is 0 Å². The van der Waals surface area contributed by atoms with Crippen molar-refractivity contribution >= 4 is 22.9 Å². The molecule has 0 saturated heterocycles. The Kier molecular flexibility index (Phi) is 4.83. The summed E-state index contributed by atoms with van der Waals surface area (Å²) in [4.78, 5) is 16.8. The molecule has 0 aliphatic carbocycles. The third kappa shape index (κ3) is 3.66. The van der Waals surface area contributed by atoms with Crippen LogP contribution in [0.2, 0.25) is 0 Å². The monoisotopic (exact) mass is 322 g/mol. The van der Waals surface area contributed by atoms with Gasteiger partial charge < -0.3 is 5.32 Å². The first-order valence-corrected chi connectivity index (χ1v) is 8.51. The van der Waals surface area contributed by atoms with Crippen molar-refractivity contribution in [1.82, 2.24) is 4.98 Å². The zero-order valence-corrected chi connectivity index (χ0v) is 13.7. The maximum atomic E-state index is 12.5. The lowest BCUT2D eigenvalue weighted by Crippen LogP contribution is -2.20. The second-order valence-electron chi connectivity index (χ2n) is 5.28. The number of benzene rings is 2. The molecule has 1 heterocycles. The Morgan fingerprint density at radius 1 is 1.13 bits per heavy atom. The fourth-order valence-electron chi connectivity index (χ4n) is 2.55. The van der Waals surface area contributed by atoms with E-state index >= 15 is 0 Å². The van der Waals surface area contributed by atoms with Gasteiger partial charge in [-0.1, -0.05) is 37.3 Å². The van der Waals surface area contributed by atoms with Gasteiger partial charge in [0.1, 0.15) is 5.01 Å². The summed E-state index contributed by atoms with van der Waals surface area (Å²) in [7, 11) is 0. The Morgan fingerprint density at radius 2 is 1.87 bits per heavy atom. The lowest BCUT2D eigenvalue weighted by molar-refractivity contribution is -0.117. The first-order chi connectivity index (χ1) is 11.3. The molecule has 3 rings (SSSR count). The molecule has 2 aromatic carbocycles. The average molecular weight is 322 g/mol. The molecule has 0 radical (unpaired) electrons. The molecule has 3 nitrogen and oxygen atoms in total. The highest BCUT2D eigenvalue weighted by atomic mass is 32.1. The number of amides is 1. The largest absolute Gasteiger partial charge is 0.326 e. The molecule has 0 saturated carbocycles. The zero-order chi connectivity index (χ0) is 16.1. The van der Waals surface area contributed by atoms with Crippen molar-refractivity contribution in [2.24, 2.45) is 0 Å². The molecule has 4 heteroatoms. The number of nitrogens with zero attached hydrogens (tertiary/aromatic N) is 1. The molecule has 0 bridgehead atoms. The summed E-state index contributed by atoms with van der Waals surface area (Å²) in [6.45, 7) is 2.03. The molecule has 0 unspecified atom stereocenters. The number of hydrogen-bond acceptors (Lipinski definition) is 3. The summed E-state index contributed by atoms with van der Waals surface area (Å²) in [5, 5.41) is 5.95. The first-order valence-electron chi connectivity index (χ1n) is 7.63. The number of carbonyl (C=O) groups excluding carboxylic acids is 1. The number of rotatable bonds is 5. The van der Waals surface area contributed by atoms with Gasteiger partial charge in [-0.05, 0) is 36.2 Å². The van der Waals surface area contributed by atoms with Crippen LogP contribution in [0, 0.1) is 0 Å². The van der Waals surface area contributed by atoms with Crippen LogP contribution < -0.4 is 5.32 Å². The minimum absolute atomic E-state index is 0.0284. The summed E-state index contributed by atoms with van der Waals surface area (Å²) in [6.07, 6.45) is 2.56. The van der Waals surface area contributed by atoms with Gasteiger partial charge in [0.2, 0.25) is 5.91 Å². The maximum Gasteiger partial charge on any atom is 0.231 e. The molecule has 3 aromatic rings. The normalized spacial score (nSPS) is 11.9. The van der Waals surface area contributed by atoms with Crippen LogP contribution in [-0.4, -0.2) is 10.9 Å². The fourth-order valence-corrected chi connectivity index (χ4v) is 3.19. The Hall–Kier alpha value is -2.46. The summed E-state index contributed by atoms with van der Waals surface area (Å²) >= 11 is 1.60. The van der Waals surface area contributed by atoms with Crippen molar-refractivity contribution in [3.05, 3.63) is 71.7 Å². The van der Waals surface area contributed by atoms with Gasteiger partial charge in [0.05, 0.1) is 5.92 Å². The van der Waals surface area contributed by atoms with Gasteiger partial charge in [-0.3, -0.25) is 4.79 Å². The van der Waals surface area contributed by atoms with Gasteiger partial charge in [0.15, 0.2) is 0 Å². The molecule has 23 heavy (non-hydrogen) atoms. The Balaban J connectivity index is 1.72. The van der Waals surface area contributed by atoms with E-state index in [9.17, 15) is 4.79 Å². The van der Waals surface area contributed by atoms with Gasteiger partial charge in [-0.15, -0.1) is 11.3 Å². The number of hydrogen-bond donors (Lipinski definition) is 1. The Morgan fingerprint density at radius 3 is 2.48 bits per heavy atom. The van der Waals surface area contributed by atoms with Crippen molar-refractivity contribution < 1.29 is 4.79 Å². The minimum atomic E-state index is -0.130. The molecular weight excluding hydrogens is 304 g/mol. The number of aromatic nitrogens is 1. The van der Waals surface area contributed by atoms with E-state index in [1.807, 2.05) is 66.9 Å². The van der Waals surface area contributed by atoms with Gasteiger partial charge >= 0.3 is 0 Å². The van der Waals surface area contributed by atoms with Crippen molar-refractivity contribution in [2.45, 2.75) is 19.3 Å². The second kappa shape index (κ2) is 7.20. The molecule has 0 spiro atoms. The van der Waals surface area contributed by atoms with E-state index in [1.54, 1.807) is 17.5 Å². The van der Waals surface area contributed by atoms with E-state index in [2.05, 4.69) is 10.3 Å². The topological polar surface area (TPSA) is 42.0 Å². The molecule has 0 aliphatic heterocycles. The molecule has 1 N–H and O–H groups in total. The predicted octanol–water partition coefficient (Wildman–Crippen LogP) is 4.94. The molecule has 1 aromatic heterocycles. The lowest BCUT2D eigenvalue weighted by Gasteiger charge is -2.15. The van der Waals surface area contributed by atoms with Crippen LogP contribution in [0.5, 0.6) is 0 Å². The molecule has 116 valence electrons. The number of anilines is 1. The smallest absolute Gasteiger partial charge is 0.231 e. The molecule has 0 aliphatic rings. The van der Waals surface area contributed by atoms with Crippen LogP contribution >= 0.6 is 11.3 Å².